The van der Waals surface area contributed by atoms with Crippen molar-refractivity contribution in [2.24, 2.45) is 5.92 Å². The smallest absolute Gasteiger partial charge is 0.273 e. The SMILES string of the molecule is CC[C@@H]1C[C@H]1n1cccc(N)c1=O.Cl. The first-order chi connectivity index (χ1) is 6.24. The molecule has 0 aromatic carbocycles. The maximum Gasteiger partial charge on any atom is 0.273 e. The summed E-state index contributed by atoms with van der Waals surface area (Å²) in [4.78, 5) is 11.5. The predicted molar refractivity (Wildman–Crippen MR) is 59.8 cm³/mol. The molecular formula is C10H15ClN2O. The summed E-state index contributed by atoms with van der Waals surface area (Å²) < 4.78 is 1.77. The monoisotopic (exact) mass is 214 g/mol. The maximum absolute atomic E-state index is 11.5. The molecular weight excluding hydrogens is 200 g/mol. The van der Waals surface area contributed by atoms with Crippen molar-refractivity contribution in [3.05, 3.63) is 28.7 Å². The number of pyridine rings is 1. The average molecular weight is 215 g/mol. The molecule has 0 unspecified atom stereocenters. The van der Waals surface area contributed by atoms with E-state index < -0.39 is 0 Å². The van der Waals surface area contributed by atoms with Gasteiger partial charge in [0.15, 0.2) is 0 Å². The van der Waals surface area contributed by atoms with E-state index in [1.165, 1.54) is 0 Å². The second-order valence-electron chi connectivity index (χ2n) is 3.65. The number of aromatic nitrogens is 1. The molecule has 1 aromatic rings. The summed E-state index contributed by atoms with van der Waals surface area (Å²) in [6.45, 7) is 2.15. The Bertz CT molecular complexity index is 375. The minimum atomic E-state index is -0.0385. The third-order valence-electron chi connectivity index (χ3n) is 2.77. The number of hydrogen-bond donors (Lipinski definition) is 1. The second-order valence-corrected chi connectivity index (χ2v) is 3.65. The van der Waals surface area contributed by atoms with Crippen LogP contribution in [-0.4, -0.2) is 4.57 Å². The van der Waals surface area contributed by atoms with E-state index in [-0.39, 0.29) is 18.0 Å². The van der Waals surface area contributed by atoms with E-state index in [0.29, 0.717) is 17.6 Å². The van der Waals surface area contributed by atoms with Gasteiger partial charge in [-0.25, -0.2) is 0 Å². The first kappa shape index (κ1) is 11.1. The van der Waals surface area contributed by atoms with Crippen molar-refractivity contribution < 1.29 is 0 Å². The fourth-order valence-electron chi connectivity index (χ4n) is 1.80. The maximum atomic E-state index is 11.5. The van der Waals surface area contributed by atoms with Gasteiger partial charge in [0, 0.05) is 12.2 Å². The summed E-state index contributed by atoms with van der Waals surface area (Å²) in [5.41, 5.74) is 5.85. The largest absolute Gasteiger partial charge is 0.394 e. The van der Waals surface area contributed by atoms with Gasteiger partial charge in [-0.05, 0) is 24.5 Å². The molecule has 2 rings (SSSR count). The number of nitrogen functional groups attached to an aromatic ring is 1. The van der Waals surface area contributed by atoms with Crippen molar-refractivity contribution in [3.63, 3.8) is 0 Å². The van der Waals surface area contributed by atoms with Crippen LogP contribution < -0.4 is 11.3 Å². The summed E-state index contributed by atoms with van der Waals surface area (Å²) in [6.07, 6.45) is 4.10. The number of halogens is 1. The Morgan fingerprint density at radius 2 is 2.36 bits per heavy atom. The summed E-state index contributed by atoms with van der Waals surface area (Å²) in [5.74, 6) is 0.680. The zero-order valence-electron chi connectivity index (χ0n) is 8.14. The molecule has 1 aliphatic rings. The zero-order chi connectivity index (χ0) is 9.42. The summed E-state index contributed by atoms with van der Waals surface area (Å²) >= 11 is 0. The van der Waals surface area contributed by atoms with Crippen LogP contribution in [0.5, 0.6) is 0 Å². The average Bonchev–Trinajstić information content (AvgIpc) is 2.89. The number of nitrogens with zero attached hydrogens (tertiary/aromatic N) is 1. The van der Waals surface area contributed by atoms with E-state index in [9.17, 15) is 4.79 Å². The van der Waals surface area contributed by atoms with Gasteiger partial charge in [0.05, 0.1) is 5.69 Å². The standard InChI is InChI=1S/C10H14N2O.ClH/c1-2-7-6-9(7)12-5-3-4-8(11)10(12)13;/h3-5,7,9H,2,6,11H2,1H3;1H/t7-,9-;/m1./s1. The van der Waals surface area contributed by atoms with E-state index in [1.54, 1.807) is 10.6 Å². The lowest BCUT2D eigenvalue weighted by molar-refractivity contribution is 0.623. The third-order valence-corrected chi connectivity index (χ3v) is 2.77. The van der Waals surface area contributed by atoms with Gasteiger partial charge >= 0.3 is 0 Å². The fourth-order valence-corrected chi connectivity index (χ4v) is 1.80. The molecule has 0 spiro atoms. The van der Waals surface area contributed by atoms with Crippen molar-refractivity contribution in [2.45, 2.75) is 25.8 Å². The fraction of sp³-hybridized carbons (Fsp3) is 0.500. The van der Waals surface area contributed by atoms with Crippen LogP contribution >= 0.6 is 12.4 Å². The first-order valence-corrected chi connectivity index (χ1v) is 4.70. The van der Waals surface area contributed by atoms with Crippen molar-refractivity contribution in [3.8, 4) is 0 Å². The summed E-state index contributed by atoms with van der Waals surface area (Å²) in [5, 5.41) is 0. The van der Waals surface area contributed by atoms with E-state index in [2.05, 4.69) is 6.92 Å². The van der Waals surface area contributed by atoms with Crippen LogP contribution in [0.1, 0.15) is 25.8 Å². The normalized spacial score (nSPS) is 24.1. The summed E-state index contributed by atoms with van der Waals surface area (Å²) in [7, 11) is 0. The van der Waals surface area contributed by atoms with Crippen LogP contribution in [0.2, 0.25) is 0 Å². The van der Waals surface area contributed by atoms with Crippen LogP contribution in [0, 0.1) is 5.92 Å². The summed E-state index contributed by atoms with van der Waals surface area (Å²) in [6, 6.07) is 3.89. The van der Waals surface area contributed by atoms with Crippen LogP contribution in [-0.2, 0) is 0 Å². The van der Waals surface area contributed by atoms with Crippen molar-refractivity contribution >= 4 is 18.1 Å². The molecule has 14 heavy (non-hydrogen) atoms. The molecule has 1 fully saturated rings. The molecule has 3 nitrogen and oxygen atoms in total. The van der Waals surface area contributed by atoms with Crippen molar-refractivity contribution in [1.82, 2.24) is 4.57 Å². The molecule has 78 valence electrons. The highest BCUT2D eigenvalue weighted by Gasteiger charge is 2.37. The highest BCUT2D eigenvalue weighted by molar-refractivity contribution is 5.85. The van der Waals surface area contributed by atoms with Gasteiger partial charge in [0.25, 0.3) is 5.56 Å². The predicted octanol–water partition coefficient (Wildman–Crippen LogP) is 1.82. The Morgan fingerprint density at radius 3 is 2.93 bits per heavy atom. The van der Waals surface area contributed by atoms with Crippen LogP contribution in [0.4, 0.5) is 5.69 Å². The van der Waals surface area contributed by atoms with Gasteiger partial charge in [-0.1, -0.05) is 13.3 Å². The Kier molecular flexibility index (Phi) is 3.21. The Labute approximate surface area is 89.3 Å². The van der Waals surface area contributed by atoms with E-state index in [0.717, 1.165) is 12.8 Å². The number of anilines is 1. The van der Waals surface area contributed by atoms with Crippen LogP contribution in [0.15, 0.2) is 23.1 Å². The van der Waals surface area contributed by atoms with Gasteiger partial charge < -0.3 is 10.3 Å². The molecule has 0 aliphatic heterocycles. The molecule has 4 heteroatoms. The molecule has 1 aromatic heterocycles. The molecule has 1 saturated carbocycles. The Morgan fingerprint density at radius 1 is 1.64 bits per heavy atom. The Hall–Kier alpha value is -0.960. The second kappa shape index (κ2) is 4.05. The van der Waals surface area contributed by atoms with Gasteiger partial charge in [-0.3, -0.25) is 4.79 Å². The topological polar surface area (TPSA) is 48.0 Å². The molecule has 1 aliphatic carbocycles. The number of nitrogens with two attached hydrogens (primary N) is 1. The van der Waals surface area contributed by atoms with E-state index in [1.807, 2.05) is 12.3 Å². The third kappa shape index (κ3) is 1.77. The zero-order valence-corrected chi connectivity index (χ0v) is 8.96. The van der Waals surface area contributed by atoms with E-state index >= 15 is 0 Å². The first-order valence-electron chi connectivity index (χ1n) is 4.70. The lowest BCUT2D eigenvalue weighted by atomic mass is 10.3. The molecule has 0 saturated heterocycles. The number of rotatable bonds is 2. The quantitative estimate of drug-likeness (QED) is 0.817. The highest BCUT2D eigenvalue weighted by Crippen LogP contribution is 2.44. The lowest BCUT2D eigenvalue weighted by Crippen LogP contribution is -2.21. The molecule has 0 radical (unpaired) electrons. The molecule has 2 atom stereocenters. The minimum Gasteiger partial charge on any atom is -0.394 e. The van der Waals surface area contributed by atoms with Crippen molar-refractivity contribution in [1.29, 1.82) is 0 Å². The van der Waals surface area contributed by atoms with Gasteiger partial charge in [0.1, 0.15) is 0 Å². The number of hydrogen-bond acceptors (Lipinski definition) is 2. The highest BCUT2D eigenvalue weighted by atomic mass is 35.5. The molecule has 0 amide bonds. The molecule has 1 heterocycles. The van der Waals surface area contributed by atoms with Gasteiger partial charge in [-0.2, -0.15) is 0 Å². The molecule has 0 bridgehead atoms. The Balaban J connectivity index is 0.000000980. The lowest BCUT2D eigenvalue weighted by Gasteiger charge is -2.04. The van der Waals surface area contributed by atoms with Gasteiger partial charge in [0.2, 0.25) is 0 Å². The minimum absolute atomic E-state index is 0. The molecule has 2 N–H and O–H groups in total. The van der Waals surface area contributed by atoms with Crippen LogP contribution in [0.25, 0.3) is 0 Å². The van der Waals surface area contributed by atoms with Crippen molar-refractivity contribution in [2.75, 3.05) is 5.73 Å². The van der Waals surface area contributed by atoms with Gasteiger partial charge in [-0.15, -0.1) is 12.4 Å². The van der Waals surface area contributed by atoms with Crippen LogP contribution in [0.3, 0.4) is 0 Å². The van der Waals surface area contributed by atoms with E-state index in [4.69, 9.17) is 5.73 Å².